The van der Waals surface area contributed by atoms with Gasteiger partial charge >= 0.3 is 12.1 Å². The monoisotopic (exact) mass is 317 g/mol. The van der Waals surface area contributed by atoms with Gasteiger partial charge in [0.2, 0.25) is 0 Å². The number of carbonyl (C=O) groups excluding carboxylic acids is 2. The zero-order chi connectivity index (χ0) is 17.0. The van der Waals surface area contributed by atoms with Crippen LogP contribution in [0.15, 0.2) is 29.1 Å². The lowest BCUT2D eigenvalue weighted by Gasteiger charge is -2.08. The highest BCUT2D eigenvalue weighted by Crippen LogP contribution is 2.17. The van der Waals surface area contributed by atoms with Gasteiger partial charge in [0.05, 0.1) is 12.8 Å². The minimum Gasteiger partial charge on any atom is -0.453 e. The summed E-state index contributed by atoms with van der Waals surface area (Å²) in [5.74, 6) is -0.540. The zero-order valence-electron chi connectivity index (χ0n) is 12.8. The summed E-state index contributed by atoms with van der Waals surface area (Å²) in [4.78, 5) is 35.0. The van der Waals surface area contributed by atoms with Crippen LogP contribution in [-0.4, -0.2) is 29.4 Å². The summed E-state index contributed by atoms with van der Waals surface area (Å²) in [5, 5.41) is 8.49. The van der Waals surface area contributed by atoms with E-state index < -0.39 is 17.6 Å². The van der Waals surface area contributed by atoms with Gasteiger partial charge in [0, 0.05) is 5.69 Å². The third-order valence-electron chi connectivity index (χ3n) is 3.17. The number of esters is 1. The summed E-state index contributed by atoms with van der Waals surface area (Å²) in [5.41, 5.74) is 0.777. The number of anilines is 1. The van der Waals surface area contributed by atoms with E-state index in [0.29, 0.717) is 16.9 Å². The number of benzene rings is 1. The van der Waals surface area contributed by atoms with Crippen LogP contribution in [0.5, 0.6) is 5.75 Å². The molecule has 2 rings (SSSR count). The van der Waals surface area contributed by atoms with E-state index in [1.165, 1.54) is 31.4 Å². The molecule has 0 atom stereocenters. The van der Waals surface area contributed by atoms with Gasteiger partial charge in [-0.2, -0.15) is 5.10 Å². The highest BCUT2D eigenvalue weighted by Gasteiger charge is 2.18. The normalized spacial score (nSPS) is 10.0. The molecule has 0 aliphatic rings. The maximum atomic E-state index is 12.2. The molecule has 1 heterocycles. The molecule has 0 fully saturated rings. The molecule has 0 aliphatic carbocycles. The van der Waals surface area contributed by atoms with Gasteiger partial charge < -0.3 is 9.47 Å². The van der Waals surface area contributed by atoms with Gasteiger partial charge in [-0.15, -0.1) is 0 Å². The molecule has 8 nitrogen and oxygen atoms in total. The van der Waals surface area contributed by atoms with Crippen LogP contribution in [0.2, 0.25) is 0 Å². The Hall–Kier alpha value is -3.16. The van der Waals surface area contributed by atoms with Gasteiger partial charge in [-0.3, -0.25) is 10.1 Å². The zero-order valence-corrected chi connectivity index (χ0v) is 12.8. The summed E-state index contributed by atoms with van der Waals surface area (Å²) in [6, 6.07) is 6.05. The SMILES string of the molecule is COC(=O)Nc1ccc(OC(=O)c2c(C)c(C)n[nH]c2=O)cc1. The predicted molar refractivity (Wildman–Crippen MR) is 81.8 cm³/mol. The van der Waals surface area contributed by atoms with Crippen LogP contribution in [0.1, 0.15) is 21.6 Å². The molecule has 0 unspecified atom stereocenters. The third-order valence-corrected chi connectivity index (χ3v) is 3.17. The minimum atomic E-state index is -0.775. The highest BCUT2D eigenvalue weighted by atomic mass is 16.5. The molecule has 1 aromatic carbocycles. The third kappa shape index (κ3) is 3.73. The van der Waals surface area contributed by atoms with Crippen LogP contribution in [0.3, 0.4) is 0 Å². The number of amides is 1. The molecule has 23 heavy (non-hydrogen) atoms. The molecule has 0 bridgehead atoms. The number of rotatable bonds is 3. The second-order valence-electron chi connectivity index (χ2n) is 4.67. The molecule has 8 heteroatoms. The summed E-state index contributed by atoms with van der Waals surface area (Å²) in [6.07, 6.45) is -0.607. The van der Waals surface area contributed by atoms with Crippen molar-refractivity contribution in [3.8, 4) is 5.75 Å². The summed E-state index contributed by atoms with van der Waals surface area (Å²) < 4.78 is 9.64. The molecule has 0 spiro atoms. The van der Waals surface area contributed by atoms with E-state index in [1.807, 2.05) is 0 Å². The van der Waals surface area contributed by atoms with Crippen LogP contribution >= 0.6 is 0 Å². The summed E-state index contributed by atoms with van der Waals surface area (Å²) >= 11 is 0. The van der Waals surface area contributed by atoms with Crippen molar-refractivity contribution < 1.29 is 19.1 Å². The Morgan fingerprint density at radius 3 is 2.43 bits per heavy atom. The number of ether oxygens (including phenoxy) is 2. The fraction of sp³-hybridized carbons (Fsp3) is 0.200. The maximum Gasteiger partial charge on any atom is 0.411 e. The first kappa shape index (κ1) is 16.2. The standard InChI is InChI=1S/C15H15N3O5/c1-8-9(2)17-18-13(19)12(8)14(20)23-11-6-4-10(5-7-11)16-15(21)22-3/h4-7H,1-3H3,(H,16,21)(H,18,19). The van der Waals surface area contributed by atoms with Crippen molar-refractivity contribution in [1.82, 2.24) is 10.2 Å². The van der Waals surface area contributed by atoms with Crippen molar-refractivity contribution in [2.24, 2.45) is 0 Å². The number of methoxy groups -OCH3 is 1. The van der Waals surface area contributed by atoms with E-state index in [4.69, 9.17) is 4.74 Å². The Bertz CT molecular complexity index is 796. The van der Waals surface area contributed by atoms with Gasteiger partial charge in [-0.1, -0.05) is 0 Å². The molecule has 1 aromatic heterocycles. The van der Waals surface area contributed by atoms with Crippen LogP contribution in [0.25, 0.3) is 0 Å². The van der Waals surface area contributed by atoms with Crippen molar-refractivity contribution in [3.63, 3.8) is 0 Å². The first-order chi connectivity index (χ1) is 10.9. The van der Waals surface area contributed by atoms with E-state index in [1.54, 1.807) is 13.8 Å². The average Bonchev–Trinajstić information content (AvgIpc) is 2.53. The molecular weight excluding hydrogens is 302 g/mol. The molecule has 2 N–H and O–H groups in total. The minimum absolute atomic E-state index is 0.0886. The number of hydrogen-bond donors (Lipinski definition) is 2. The fourth-order valence-electron chi connectivity index (χ4n) is 1.80. The first-order valence-corrected chi connectivity index (χ1v) is 6.65. The number of nitrogens with one attached hydrogen (secondary N) is 2. The van der Waals surface area contributed by atoms with Crippen LogP contribution < -0.4 is 15.6 Å². The fourth-order valence-corrected chi connectivity index (χ4v) is 1.80. The van der Waals surface area contributed by atoms with Gasteiger partial charge in [0.25, 0.3) is 5.56 Å². The largest absolute Gasteiger partial charge is 0.453 e. The predicted octanol–water partition coefficient (Wildman–Crippen LogP) is 1.78. The quantitative estimate of drug-likeness (QED) is 0.659. The van der Waals surface area contributed by atoms with Crippen molar-refractivity contribution in [1.29, 1.82) is 0 Å². The van der Waals surface area contributed by atoms with Gasteiger partial charge in [0.15, 0.2) is 0 Å². The average molecular weight is 317 g/mol. The number of carbonyl (C=O) groups is 2. The molecule has 0 radical (unpaired) electrons. The van der Waals surface area contributed by atoms with Gasteiger partial charge in [-0.25, -0.2) is 14.7 Å². The van der Waals surface area contributed by atoms with Crippen molar-refractivity contribution in [3.05, 3.63) is 51.4 Å². The number of aromatic nitrogens is 2. The van der Waals surface area contributed by atoms with Gasteiger partial charge in [0.1, 0.15) is 11.3 Å². The van der Waals surface area contributed by atoms with Crippen LogP contribution in [0, 0.1) is 13.8 Å². The number of aryl methyl sites for hydroxylation is 1. The van der Waals surface area contributed by atoms with Crippen LogP contribution in [-0.2, 0) is 4.74 Å². The molecule has 2 aromatic rings. The number of hydrogen-bond acceptors (Lipinski definition) is 6. The molecular formula is C15H15N3O5. The van der Waals surface area contributed by atoms with Gasteiger partial charge in [-0.05, 0) is 43.7 Å². The lowest BCUT2D eigenvalue weighted by Crippen LogP contribution is -2.25. The lowest BCUT2D eigenvalue weighted by molar-refractivity contribution is 0.0731. The Morgan fingerprint density at radius 2 is 1.83 bits per heavy atom. The molecule has 1 amide bonds. The maximum absolute atomic E-state index is 12.2. The molecule has 0 aliphatic heterocycles. The van der Waals surface area contributed by atoms with Crippen molar-refractivity contribution >= 4 is 17.7 Å². The molecule has 0 saturated heterocycles. The van der Waals surface area contributed by atoms with E-state index in [2.05, 4.69) is 20.3 Å². The Morgan fingerprint density at radius 1 is 1.17 bits per heavy atom. The second-order valence-corrected chi connectivity index (χ2v) is 4.67. The molecule has 0 saturated carbocycles. The number of aromatic amines is 1. The number of nitrogens with zero attached hydrogens (tertiary/aromatic N) is 1. The topological polar surface area (TPSA) is 110 Å². The van der Waals surface area contributed by atoms with Crippen molar-refractivity contribution in [2.45, 2.75) is 13.8 Å². The smallest absolute Gasteiger partial charge is 0.411 e. The van der Waals surface area contributed by atoms with Crippen molar-refractivity contribution in [2.75, 3.05) is 12.4 Å². The lowest BCUT2D eigenvalue weighted by atomic mass is 10.1. The first-order valence-electron chi connectivity index (χ1n) is 6.65. The van der Waals surface area contributed by atoms with E-state index in [-0.39, 0.29) is 11.3 Å². The molecule has 120 valence electrons. The van der Waals surface area contributed by atoms with E-state index in [0.717, 1.165) is 0 Å². The summed E-state index contributed by atoms with van der Waals surface area (Å²) in [7, 11) is 1.25. The van der Waals surface area contributed by atoms with E-state index in [9.17, 15) is 14.4 Å². The summed E-state index contributed by atoms with van der Waals surface area (Å²) in [6.45, 7) is 3.30. The number of H-pyrrole nitrogens is 1. The Balaban J connectivity index is 2.17. The second kappa shape index (κ2) is 6.73. The Kier molecular flexibility index (Phi) is 4.75. The van der Waals surface area contributed by atoms with E-state index >= 15 is 0 Å². The van der Waals surface area contributed by atoms with Crippen LogP contribution in [0.4, 0.5) is 10.5 Å². The Labute approximate surface area is 131 Å². The highest BCUT2D eigenvalue weighted by molar-refractivity contribution is 5.92.